The standard InChI is InChI=1S/C26H31N5O2/c1-19-27-22-17-21(10-11-23(22)28(19)2)25(32)30-15-13-29(14-16-30)24-9-6-12-31(26(24)33)18-20-7-4-3-5-8-20/h3-5,7-8,10-11,17,24H,6,9,12-16,18H2,1-2H3. The van der Waals surface area contributed by atoms with Crippen molar-refractivity contribution in [2.75, 3.05) is 32.7 Å². The van der Waals surface area contributed by atoms with Crippen LogP contribution in [0.5, 0.6) is 0 Å². The molecule has 7 nitrogen and oxygen atoms in total. The Bertz CT molecular complexity index is 1160. The molecule has 0 saturated carbocycles. The Balaban J connectivity index is 1.21. The van der Waals surface area contributed by atoms with Crippen molar-refractivity contribution in [3.05, 3.63) is 65.5 Å². The summed E-state index contributed by atoms with van der Waals surface area (Å²) in [5.41, 5.74) is 3.73. The molecule has 2 aromatic carbocycles. The zero-order valence-corrected chi connectivity index (χ0v) is 19.4. The van der Waals surface area contributed by atoms with Gasteiger partial charge in [0.1, 0.15) is 5.82 Å². The molecule has 7 heteroatoms. The first-order valence-corrected chi connectivity index (χ1v) is 11.8. The average Bonchev–Trinajstić information content (AvgIpc) is 3.13. The number of amides is 2. The number of benzene rings is 2. The minimum Gasteiger partial charge on any atom is -0.337 e. The van der Waals surface area contributed by atoms with Crippen LogP contribution in [0.1, 0.15) is 34.6 Å². The average molecular weight is 446 g/mol. The van der Waals surface area contributed by atoms with Gasteiger partial charge in [-0.05, 0) is 43.5 Å². The van der Waals surface area contributed by atoms with Gasteiger partial charge in [0.2, 0.25) is 5.91 Å². The number of imidazole rings is 1. The summed E-state index contributed by atoms with van der Waals surface area (Å²) in [5.74, 6) is 1.20. The molecule has 1 unspecified atom stereocenters. The molecular formula is C26H31N5O2. The van der Waals surface area contributed by atoms with Gasteiger partial charge in [0, 0.05) is 51.9 Å². The lowest BCUT2D eigenvalue weighted by Crippen LogP contribution is -2.58. The van der Waals surface area contributed by atoms with E-state index in [0.717, 1.165) is 49.3 Å². The van der Waals surface area contributed by atoms with Crippen molar-refractivity contribution in [2.24, 2.45) is 7.05 Å². The van der Waals surface area contributed by atoms with E-state index in [0.29, 0.717) is 25.2 Å². The minimum absolute atomic E-state index is 0.0422. The zero-order valence-electron chi connectivity index (χ0n) is 19.4. The van der Waals surface area contributed by atoms with Crippen LogP contribution in [-0.4, -0.2) is 74.8 Å². The molecule has 1 atom stereocenters. The number of carbonyl (C=O) groups is 2. The third-order valence-corrected chi connectivity index (χ3v) is 7.11. The van der Waals surface area contributed by atoms with E-state index in [1.54, 1.807) is 0 Å². The SMILES string of the molecule is Cc1nc2cc(C(=O)N3CCN(C4CCCN(Cc5ccccc5)C4=O)CC3)ccc2n1C. The first-order valence-electron chi connectivity index (χ1n) is 11.8. The lowest BCUT2D eigenvalue weighted by Gasteiger charge is -2.42. The van der Waals surface area contributed by atoms with Gasteiger partial charge in [0.25, 0.3) is 5.91 Å². The molecule has 33 heavy (non-hydrogen) atoms. The smallest absolute Gasteiger partial charge is 0.254 e. The fraction of sp³-hybridized carbons (Fsp3) is 0.423. The third kappa shape index (κ3) is 4.25. The molecular weight excluding hydrogens is 414 g/mol. The highest BCUT2D eigenvalue weighted by Crippen LogP contribution is 2.22. The number of piperidine rings is 1. The van der Waals surface area contributed by atoms with Crippen LogP contribution in [0.2, 0.25) is 0 Å². The van der Waals surface area contributed by atoms with Gasteiger partial charge in [-0.25, -0.2) is 4.98 Å². The lowest BCUT2D eigenvalue weighted by atomic mass is 10.0. The second-order valence-corrected chi connectivity index (χ2v) is 9.15. The molecule has 0 bridgehead atoms. The number of piperazine rings is 1. The van der Waals surface area contributed by atoms with Crippen LogP contribution in [0.3, 0.4) is 0 Å². The Morgan fingerprint density at radius 1 is 1.03 bits per heavy atom. The van der Waals surface area contributed by atoms with E-state index in [4.69, 9.17) is 0 Å². The van der Waals surface area contributed by atoms with Crippen LogP contribution in [0.25, 0.3) is 11.0 Å². The summed E-state index contributed by atoms with van der Waals surface area (Å²) in [6, 6.07) is 15.9. The maximum atomic E-state index is 13.2. The molecule has 172 valence electrons. The quantitative estimate of drug-likeness (QED) is 0.620. The molecule has 3 aromatic rings. The molecule has 1 aromatic heterocycles. The summed E-state index contributed by atoms with van der Waals surface area (Å²) in [5, 5.41) is 0. The molecule has 2 aliphatic rings. The number of rotatable bonds is 4. The minimum atomic E-state index is -0.0763. The van der Waals surface area contributed by atoms with Gasteiger partial charge in [0.05, 0.1) is 17.1 Å². The van der Waals surface area contributed by atoms with Crippen molar-refractivity contribution in [2.45, 2.75) is 32.4 Å². The van der Waals surface area contributed by atoms with Crippen molar-refractivity contribution in [3.8, 4) is 0 Å². The molecule has 0 radical (unpaired) electrons. The molecule has 0 N–H and O–H groups in total. The maximum absolute atomic E-state index is 13.2. The summed E-state index contributed by atoms with van der Waals surface area (Å²) < 4.78 is 2.03. The summed E-state index contributed by atoms with van der Waals surface area (Å²) >= 11 is 0. The highest BCUT2D eigenvalue weighted by atomic mass is 16.2. The Morgan fingerprint density at radius 2 is 1.79 bits per heavy atom. The van der Waals surface area contributed by atoms with Gasteiger partial charge in [0.15, 0.2) is 0 Å². The van der Waals surface area contributed by atoms with E-state index in [1.165, 1.54) is 5.56 Å². The second kappa shape index (κ2) is 8.98. The first kappa shape index (κ1) is 21.6. The molecule has 0 aliphatic carbocycles. The van der Waals surface area contributed by atoms with Crippen molar-refractivity contribution >= 4 is 22.8 Å². The van der Waals surface area contributed by atoms with Crippen LogP contribution >= 0.6 is 0 Å². The van der Waals surface area contributed by atoms with Gasteiger partial charge >= 0.3 is 0 Å². The van der Waals surface area contributed by atoms with Crippen molar-refractivity contribution < 1.29 is 9.59 Å². The van der Waals surface area contributed by atoms with E-state index >= 15 is 0 Å². The van der Waals surface area contributed by atoms with Crippen LogP contribution in [0.15, 0.2) is 48.5 Å². The summed E-state index contributed by atoms with van der Waals surface area (Å²) in [6.45, 7) is 6.19. The highest BCUT2D eigenvalue weighted by Gasteiger charge is 2.35. The fourth-order valence-electron chi connectivity index (χ4n) is 5.09. The summed E-state index contributed by atoms with van der Waals surface area (Å²) in [4.78, 5) is 37.1. The van der Waals surface area contributed by atoms with E-state index < -0.39 is 0 Å². The van der Waals surface area contributed by atoms with Crippen molar-refractivity contribution in [1.82, 2.24) is 24.3 Å². The number of nitrogens with zero attached hydrogens (tertiary/aromatic N) is 5. The molecule has 2 saturated heterocycles. The first-order chi connectivity index (χ1) is 16.0. The topological polar surface area (TPSA) is 61.7 Å². The molecule has 2 aliphatic heterocycles. The van der Waals surface area contributed by atoms with Crippen LogP contribution < -0.4 is 0 Å². The van der Waals surface area contributed by atoms with Crippen LogP contribution in [0, 0.1) is 6.92 Å². The predicted molar refractivity (Wildman–Crippen MR) is 128 cm³/mol. The predicted octanol–water partition coefficient (Wildman–Crippen LogP) is 2.83. The third-order valence-electron chi connectivity index (χ3n) is 7.11. The Hall–Kier alpha value is -3.19. The molecule has 3 heterocycles. The Kier molecular flexibility index (Phi) is 5.89. The van der Waals surface area contributed by atoms with Gasteiger partial charge < -0.3 is 14.4 Å². The number of aryl methyl sites for hydroxylation is 2. The Labute approximate surface area is 194 Å². The van der Waals surface area contributed by atoms with Crippen molar-refractivity contribution in [1.29, 1.82) is 0 Å². The zero-order chi connectivity index (χ0) is 22.9. The van der Waals surface area contributed by atoms with Crippen molar-refractivity contribution in [3.63, 3.8) is 0 Å². The van der Waals surface area contributed by atoms with Gasteiger partial charge in [-0.3, -0.25) is 14.5 Å². The van der Waals surface area contributed by atoms with Crippen LogP contribution in [-0.2, 0) is 18.4 Å². The highest BCUT2D eigenvalue weighted by molar-refractivity contribution is 5.97. The van der Waals surface area contributed by atoms with Crippen LogP contribution in [0.4, 0.5) is 0 Å². The molecule has 2 amide bonds. The number of carbonyl (C=O) groups excluding carboxylic acids is 2. The summed E-state index contributed by atoms with van der Waals surface area (Å²) in [6.07, 6.45) is 1.92. The normalized spacial score (nSPS) is 19.9. The van der Waals surface area contributed by atoms with E-state index in [-0.39, 0.29) is 17.9 Å². The largest absolute Gasteiger partial charge is 0.337 e. The number of likely N-dealkylation sites (tertiary alicyclic amines) is 1. The molecule has 5 rings (SSSR count). The number of fused-ring (bicyclic) bond motifs is 1. The van der Waals surface area contributed by atoms with Gasteiger partial charge in [-0.2, -0.15) is 0 Å². The Morgan fingerprint density at radius 3 is 2.55 bits per heavy atom. The number of hydrogen-bond donors (Lipinski definition) is 0. The molecule has 0 spiro atoms. The lowest BCUT2D eigenvalue weighted by molar-refractivity contribution is -0.141. The second-order valence-electron chi connectivity index (χ2n) is 9.15. The van der Waals surface area contributed by atoms with E-state index in [2.05, 4.69) is 22.0 Å². The van der Waals surface area contributed by atoms with Gasteiger partial charge in [-0.15, -0.1) is 0 Å². The molecule has 2 fully saturated rings. The van der Waals surface area contributed by atoms with E-state index in [1.807, 2.05) is 64.7 Å². The number of hydrogen-bond acceptors (Lipinski definition) is 4. The maximum Gasteiger partial charge on any atom is 0.254 e. The number of aromatic nitrogens is 2. The fourth-order valence-corrected chi connectivity index (χ4v) is 5.09. The monoisotopic (exact) mass is 445 g/mol. The van der Waals surface area contributed by atoms with Gasteiger partial charge in [-0.1, -0.05) is 30.3 Å². The summed E-state index contributed by atoms with van der Waals surface area (Å²) in [7, 11) is 1.99. The van der Waals surface area contributed by atoms with E-state index in [9.17, 15) is 9.59 Å².